The number of rotatable bonds is 9. The third kappa shape index (κ3) is 4.49. The minimum absolute atomic E-state index is 0.0477. The number of amides is 2. The van der Waals surface area contributed by atoms with Crippen LogP contribution in [0.3, 0.4) is 0 Å². The van der Waals surface area contributed by atoms with Crippen molar-refractivity contribution in [3.63, 3.8) is 0 Å². The van der Waals surface area contributed by atoms with Gasteiger partial charge in [0.25, 0.3) is 0 Å². The summed E-state index contributed by atoms with van der Waals surface area (Å²) in [7, 11) is 0. The van der Waals surface area contributed by atoms with Crippen LogP contribution in [0, 0.1) is 42.9 Å². The molecule has 5 heteroatoms. The number of unbranched alkanes of at least 4 members (excludes halogenated alkanes) is 1. The first-order chi connectivity index (χ1) is 16.0. The fraction of sp³-hybridized carbons (Fsp3) is 0.643. The molecule has 3 aliphatic carbocycles. The van der Waals surface area contributed by atoms with Gasteiger partial charge in [0.15, 0.2) is 0 Å². The Balaban J connectivity index is 1.18. The van der Waals surface area contributed by atoms with Crippen molar-refractivity contribution in [1.82, 2.24) is 15.5 Å². The van der Waals surface area contributed by atoms with Gasteiger partial charge in [0.1, 0.15) is 0 Å². The molecular formula is C28H39N3O2. The lowest BCUT2D eigenvalue weighted by Crippen LogP contribution is -2.44. The Kier molecular flexibility index (Phi) is 6.34. The van der Waals surface area contributed by atoms with Crippen LogP contribution >= 0.6 is 0 Å². The van der Waals surface area contributed by atoms with Crippen molar-refractivity contribution in [3.05, 3.63) is 47.0 Å². The predicted octanol–water partition coefficient (Wildman–Crippen LogP) is 3.74. The molecule has 0 aromatic heterocycles. The molecule has 5 rings (SSSR count). The summed E-state index contributed by atoms with van der Waals surface area (Å²) in [5.41, 5.74) is 3.72. The fourth-order valence-corrected chi connectivity index (χ4v) is 6.98. The van der Waals surface area contributed by atoms with E-state index in [-0.39, 0.29) is 40.9 Å². The van der Waals surface area contributed by atoms with Gasteiger partial charge in [0.2, 0.25) is 11.8 Å². The maximum Gasteiger partial charge on any atom is 0.224 e. The van der Waals surface area contributed by atoms with E-state index in [4.69, 9.17) is 0 Å². The molecule has 2 amide bonds. The molecule has 2 bridgehead atoms. The number of nitrogens with one attached hydrogen (secondary N) is 2. The Hall–Kier alpha value is -2.14. The van der Waals surface area contributed by atoms with Crippen LogP contribution in [0.5, 0.6) is 0 Å². The second-order valence-corrected chi connectivity index (χ2v) is 11.0. The number of allylic oxidation sites excluding steroid dienone is 2. The largest absolute Gasteiger partial charge is 0.356 e. The molecule has 4 aliphatic rings. The minimum atomic E-state index is -0.238. The first-order valence-corrected chi connectivity index (χ1v) is 13.0. The van der Waals surface area contributed by atoms with Gasteiger partial charge in [-0.2, -0.15) is 0 Å². The molecule has 1 spiro atoms. The summed E-state index contributed by atoms with van der Waals surface area (Å²) < 4.78 is 0. The zero-order valence-electron chi connectivity index (χ0n) is 20.2. The zero-order chi connectivity index (χ0) is 23.0. The Morgan fingerprint density at radius 2 is 1.52 bits per heavy atom. The first-order valence-electron chi connectivity index (χ1n) is 13.0. The van der Waals surface area contributed by atoms with Gasteiger partial charge in [0.05, 0.1) is 11.8 Å². The van der Waals surface area contributed by atoms with Gasteiger partial charge < -0.3 is 15.5 Å². The number of hydrogen-bond acceptors (Lipinski definition) is 3. The van der Waals surface area contributed by atoms with E-state index in [1.165, 1.54) is 37.1 Å². The average Bonchev–Trinajstić information content (AvgIpc) is 3.14. The van der Waals surface area contributed by atoms with E-state index in [9.17, 15) is 9.59 Å². The van der Waals surface area contributed by atoms with E-state index < -0.39 is 0 Å². The highest BCUT2D eigenvalue weighted by molar-refractivity contribution is 5.90. The Labute approximate surface area is 198 Å². The van der Waals surface area contributed by atoms with Gasteiger partial charge in [0, 0.05) is 13.1 Å². The molecule has 5 nitrogen and oxygen atoms in total. The first kappa shape index (κ1) is 22.6. The van der Waals surface area contributed by atoms with Crippen molar-refractivity contribution in [2.75, 3.05) is 26.2 Å². The topological polar surface area (TPSA) is 61.4 Å². The number of aryl methyl sites for hydroxylation is 2. The Bertz CT molecular complexity index is 909. The van der Waals surface area contributed by atoms with Crippen LogP contribution in [0.25, 0.3) is 0 Å². The molecule has 3 fully saturated rings. The molecule has 1 aliphatic heterocycles. The summed E-state index contributed by atoms with van der Waals surface area (Å²) in [4.78, 5) is 29.2. The lowest BCUT2D eigenvalue weighted by molar-refractivity contribution is -0.135. The van der Waals surface area contributed by atoms with E-state index in [1.807, 2.05) is 0 Å². The molecule has 4 atom stereocenters. The monoisotopic (exact) mass is 449 g/mol. The molecule has 33 heavy (non-hydrogen) atoms. The van der Waals surface area contributed by atoms with Crippen molar-refractivity contribution in [1.29, 1.82) is 0 Å². The summed E-state index contributed by atoms with van der Waals surface area (Å²) >= 11 is 0. The summed E-state index contributed by atoms with van der Waals surface area (Å²) in [5, 5.41) is 6.38. The van der Waals surface area contributed by atoms with Crippen molar-refractivity contribution in [2.24, 2.45) is 29.1 Å². The number of nitrogens with zero attached hydrogens (tertiary/aromatic N) is 1. The summed E-state index contributed by atoms with van der Waals surface area (Å²) in [6, 6.07) is 6.40. The van der Waals surface area contributed by atoms with E-state index >= 15 is 0 Å². The van der Waals surface area contributed by atoms with Crippen LogP contribution in [0.4, 0.5) is 0 Å². The van der Waals surface area contributed by atoms with Gasteiger partial charge >= 0.3 is 0 Å². The Morgan fingerprint density at radius 3 is 2.12 bits per heavy atom. The van der Waals surface area contributed by atoms with Crippen LogP contribution < -0.4 is 10.6 Å². The molecular weight excluding hydrogens is 410 g/mol. The highest BCUT2D eigenvalue weighted by Crippen LogP contribution is 2.72. The van der Waals surface area contributed by atoms with Crippen molar-refractivity contribution in [2.45, 2.75) is 58.9 Å². The minimum Gasteiger partial charge on any atom is -0.356 e. The highest BCUT2D eigenvalue weighted by Gasteiger charge is 2.69. The number of benzene rings is 1. The molecule has 2 saturated carbocycles. The molecule has 0 unspecified atom stereocenters. The van der Waals surface area contributed by atoms with Gasteiger partial charge in [-0.25, -0.2) is 0 Å². The van der Waals surface area contributed by atoms with Crippen LogP contribution in [0.15, 0.2) is 30.4 Å². The lowest BCUT2D eigenvalue weighted by Gasteiger charge is -2.26. The van der Waals surface area contributed by atoms with Gasteiger partial charge in [-0.1, -0.05) is 41.5 Å². The van der Waals surface area contributed by atoms with Crippen LogP contribution in [0.1, 0.15) is 55.2 Å². The molecule has 1 aromatic rings. The smallest absolute Gasteiger partial charge is 0.224 e. The van der Waals surface area contributed by atoms with E-state index in [0.29, 0.717) is 13.1 Å². The lowest BCUT2D eigenvalue weighted by atomic mass is 9.81. The van der Waals surface area contributed by atoms with Gasteiger partial charge in [-0.3, -0.25) is 9.59 Å². The SMILES string of the molecule is Cc1cc(C)cc(CNC(=O)[C@H]2[C@H](C(=O)NCCCCN3CCCC3)[C@H]3C=C[C@@H]2C32CC2)c1. The molecule has 1 aromatic carbocycles. The third-order valence-electron chi connectivity index (χ3n) is 8.59. The zero-order valence-corrected chi connectivity index (χ0v) is 20.2. The van der Waals surface area contributed by atoms with Gasteiger partial charge in [-0.05, 0) is 94.8 Å². The van der Waals surface area contributed by atoms with Gasteiger partial charge in [-0.15, -0.1) is 0 Å². The van der Waals surface area contributed by atoms with E-state index in [1.54, 1.807) is 0 Å². The van der Waals surface area contributed by atoms with E-state index in [2.05, 4.69) is 59.7 Å². The number of carbonyl (C=O) groups is 2. The predicted molar refractivity (Wildman–Crippen MR) is 130 cm³/mol. The van der Waals surface area contributed by atoms with Crippen LogP contribution in [0.2, 0.25) is 0 Å². The number of carbonyl (C=O) groups excluding carboxylic acids is 2. The summed E-state index contributed by atoms with van der Waals surface area (Å²) in [6.07, 6.45) is 11.5. The number of likely N-dealkylation sites (tertiary alicyclic amines) is 1. The summed E-state index contributed by atoms with van der Waals surface area (Å²) in [6.45, 7) is 9.00. The molecule has 0 radical (unpaired) electrons. The normalized spacial score (nSPS) is 29.0. The fourth-order valence-electron chi connectivity index (χ4n) is 6.98. The Morgan fingerprint density at radius 1 is 0.909 bits per heavy atom. The summed E-state index contributed by atoms with van der Waals surface area (Å²) in [5.74, 6) is 0.118. The van der Waals surface area contributed by atoms with Crippen LogP contribution in [-0.2, 0) is 16.1 Å². The van der Waals surface area contributed by atoms with Crippen molar-refractivity contribution < 1.29 is 9.59 Å². The maximum atomic E-state index is 13.4. The molecule has 178 valence electrons. The molecule has 2 N–H and O–H groups in total. The third-order valence-corrected chi connectivity index (χ3v) is 8.59. The van der Waals surface area contributed by atoms with Crippen molar-refractivity contribution >= 4 is 11.8 Å². The second kappa shape index (κ2) is 9.25. The molecule has 1 saturated heterocycles. The standard InChI is InChI=1S/C28H39N3O2/c1-19-15-20(2)17-21(16-19)18-30-27(33)25-23-8-7-22(28(23)9-10-28)24(25)26(32)29-11-3-4-12-31-13-5-6-14-31/h7-8,15-17,22-25H,3-6,9-14,18H2,1-2H3,(H,29,32)(H,30,33)/t22-,23+,24-,25-/m1/s1. The molecule has 1 heterocycles. The van der Waals surface area contributed by atoms with Crippen LogP contribution in [-0.4, -0.2) is 42.9 Å². The average molecular weight is 450 g/mol. The maximum absolute atomic E-state index is 13.4. The highest BCUT2D eigenvalue weighted by atomic mass is 16.2. The number of hydrogen-bond donors (Lipinski definition) is 2. The second-order valence-electron chi connectivity index (χ2n) is 11.0. The van der Waals surface area contributed by atoms with Crippen molar-refractivity contribution in [3.8, 4) is 0 Å². The van der Waals surface area contributed by atoms with E-state index in [0.717, 1.165) is 37.8 Å². The quantitative estimate of drug-likeness (QED) is 0.446.